The first-order valence-corrected chi connectivity index (χ1v) is 40.0. The predicted octanol–water partition coefficient (Wildman–Crippen LogP) is 17.0. The minimum Gasteiger partial charge on any atom is -0.396 e. The largest absolute Gasteiger partial charge is 0.396 e. The van der Waals surface area contributed by atoms with Gasteiger partial charge in [-0.2, -0.15) is 0 Å². The summed E-state index contributed by atoms with van der Waals surface area (Å²) in [4.78, 5) is 0. The summed E-state index contributed by atoms with van der Waals surface area (Å²) in [6.07, 6.45) is 2.04. The lowest BCUT2D eigenvalue weighted by atomic mass is 10.1. The lowest BCUT2D eigenvalue weighted by Crippen LogP contribution is -2.37. The molecule has 4 atom stereocenters. The van der Waals surface area contributed by atoms with Crippen LogP contribution < -0.4 is 5.73 Å². The molecular weight excluding hydrogens is 1390 g/mol. The minimum atomic E-state index is -0.751. The maximum Gasteiger partial charge on any atom is 0.100 e. The topological polar surface area (TPSA) is 319 Å². The van der Waals surface area contributed by atoms with Crippen LogP contribution in [0.1, 0.15) is 345 Å². The Kier molecular flexibility index (Phi) is 85.1. The fourth-order valence-corrected chi connectivity index (χ4v) is 5.11. The fourth-order valence-electron chi connectivity index (χ4n) is 5.11. The number of nitrogens with two attached hydrogens (primary N) is 1. The third kappa shape index (κ3) is 215. The molecule has 0 aromatic rings. The molecular formula is C87H199NO21. The summed E-state index contributed by atoms with van der Waals surface area (Å²) in [5.74, 6) is 1.78. The zero-order chi connectivity index (χ0) is 90.4. The maximum atomic E-state index is 8.85. The average Bonchev–Trinajstić information content (AvgIpc) is 1.89. The van der Waals surface area contributed by atoms with E-state index < -0.39 is 17.3 Å². The molecule has 0 spiro atoms. The van der Waals surface area contributed by atoms with Gasteiger partial charge in [0.2, 0.25) is 0 Å². The molecule has 0 aliphatic heterocycles. The van der Waals surface area contributed by atoms with E-state index in [0.29, 0.717) is 52.1 Å². The Hall–Kier alpha value is -0.880. The Morgan fingerprint density at radius 1 is 0.349 bits per heavy atom. The smallest absolute Gasteiger partial charge is 0.100 e. The number of hydrogen-bond donors (Lipinski definition) is 10. The Bertz CT molecular complexity index is 1700. The van der Waals surface area contributed by atoms with Crippen LogP contribution in [0.5, 0.6) is 0 Å². The lowest BCUT2D eigenvalue weighted by molar-refractivity contribution is -0.132. The average molecular weight is 1600 g/mol. The summed E-state index contributed by atoms with van der Waals surface area (Å²) in [6, 6.07) is 0. The van der Waals surface area contributed by atoms with Crippen molar-refractivity contribution < 1.29 is 103 Å². The zero-order valence-electron chi connectivity index (χ0n) is 81.4. The van der Waals surface area contributed by atoms with E-state index >= 15 is 0 Å². The second-order valence-corrected chi connectivity index (χ2v) is 40.8. The quantitative estimate of drug-likeness (QED) is 0.0401. The summed E-state index contributed by atoms with van der Waals surface area (Å²) in [5, 5.41) is 77.5. The van der Waals surface area contributed by atoms with Gasteiger partial charge < -0.3 is 109 Å². The van der Waals surface area contributed by atoms with Crippen LogP contribution in [0.4, 0.5) is 0 Å². The Morgan fingerprint density at radius 3 is 0.789 bits per heavy atom. The van der Waals surface area contributed by atoms with E-state index in [0.717, 1.165) is 32.2 Å². The van der Waals surface area contributed by atoms with Gasteiger partial charge in [-0.1, -0.05) is 20.8 Å². The normalized spacial score (nSPS) is 14.1. The first-order valence-electron chi connectivity index (χ1n) is 40.0. The van der Waals surface area contributed by atoms with Crippen molar-refractivity contribution in [3.05, 3.63) is 0 Å². The highest BCUT2D eigenvalue weighted by atomic mass is 16.5. The monoisotopic (exact) mass is 1590 g/mol. The minimum absolute atomic E-state index is 0.0284. The van der Waals surface area contributed by atoms with Crippen LogP contribution in [0.15, 0.2) is 0 Å². The molecule has 0 heterocycles. The standard InChI is InChI=1S/2C8H18O2.C8H16O.C8H18O.C7H16O3.3C7H16O2.C6H15NO.C6H14O2.C6H14O.C5H12O.C4H10O/c1-7(5-9)6-10-8(2,3)4;1-7(2,3)10-8(4,5)6-9;1-8(2,3)9-6-7-4-5-7;1-7(2)6-9-8(3,4)5;1-7(2,3)10-5-6(9)4-8;2*1-6(8)5-9-7(2,3)4;1-7(2,3)9-6-4-5-8;2*1-6(2,3)8-5-4-7;1-5-7-6(2,3)4;1-5(2,3)6-4;1-4(2,3)5/h7,9H,5-6H2,1-4H3;9H,6H2,1-5H3;7H,4-6H2,1-3H3;7H,6H2,1-5H3;6,8-9H,4-5H2,1-3H3;2*6,8H,5H2,1-4H3;8H,4-6H2,1-3H3;4-5,7H2,1-3H3;7H,4-5H2,1-3H3;5H2,1-4H3;1-4H3;5H,1-3H3/t7-;;;;3*6-;;;;;;/m1...010....../s1. The SMILES string of the molecule is CC(C)(C)O.CC(C)(C)OC(C)(C)CO.CC(C)(C)OCC1CC1.CC(C)(C)OCCCO.CC(C)(C)OCCN.CC(C)(C)OCCO.CC(C)(C)OC[C@@H](O)CO.CC(C)COC(C)(C)C.CCOC(C)(C)C.COC(C)(C)C.C[C@@H](O)COC(C)(C)C.C[C@H](CO)COC(C)(C)C.C[C@H](O)COC(C)(C)C. The highest BCUT2D eigenvalue weighted by molar-refractivity contribution is 4.75. The number of rotatable bonds is 24. The van der Waals surface area contributed by atoms with Crippen molar-refractivity contribution in [2.75, 3.05) is 113 Å². The van der Waals surface area contributed by atoms with Gasteiger partial charge in [-0.05, 0) is 336 Å². The number of ether oxygens (including phenoxy) is 12. The summed E-state index contributed by atoms with van der Waals surface area (Å²) in [7, 11) is 1.71. The maximum absolute atomic E-state index is 8.85. The van der Waals surface area contributed by atoms with Crippen LogP contribution in [0.3, 0.4) is 0 Å². The molecule has 1 rings (SSSR count). The molecule has 22 heteroatoms. The molecule has 0 amide bonds. The fraction of sp³-hybridized carbons (Fsp3) is 1.00. The van der Waals surface area contributed by atoms with Crippen molar-refractivity contribution in [2.24, 2.45) is 23.5 Å². The van der Waals surface area contributed by atoms with Gasteiger partial charge in [0.1, 0.15) is 6.10 Å². The van der Waals surface area contributed by atoms with Gasteiger partial charge in [-0.15, -0.1) is 0 Å². The number of methoxy groups -OCH3 is 1. The van der Waals surface area contributed by atoms with Crippen LogP contribution >= 0.6 is 0 Å². The van der Waals surface area contributed by atoms with Crippen LogP contribution in [0, 0.1) is 17.8 Å². The van der Waals surface area contributed by atoms with E-state index in [-0.39, 0.29) is 125 Å². The molecule has 11 N–H and O–H groups in total. The van der Waals surface area contributed by atoms with E-state index in [1.54, 1.807) is 41.7 Å². The Balaban J connectivity index is -0.0000000938. The van der Waals surface area contributed by atoms with Gasteiger partial charge in [-0.3, -0.25) is 0 Å². The molecule has 1 fully saturated rings. The van der Waals surface area contributed by atoms with Gasteiger partial charge in [0.15, 0.2) is 0 Å². The zero-order valence-corrected chi connectivity index (χ0v) is 81.4. The number of aliphatic hydroxyl groups is 9. The van der Waals surface area contributed by atoms with E-state index in [9.17, 15) is 0 Å². The van der Waals surface area contributed by atoms with Crippen LogP contribution in [0.2, 0.25) is 0 Å². The van der Waals surface area contributed by atoms with E-state index in [2.05, 4.69) is 76.2 Å². The third-order valence-corrected chi connectivity index (χ3v) is 10.1. The van der Waals surface area contributed by atoms with Gasteiger partial charge in [0.25, 0.3) is 0 Å². The second-order valence-electron chi connectivity index (χ2n) is 40.8. The third-order valence-electron chi connectivity index (χ3n) is 10.1. The van der Waals surface area contributed by atoms with Crippen LogP contribution in [-0.4, -0.2) is 255 Å². The first kappa shape index (κ1) is 134. The molecule has 0 saturated heterocycles. The van der Waals surface area contributed by atoms with Crippen molar-refractivity contribution in [1.82, 2.24) is 0 Å². The molecule has 1 aliphatic carbocycles. The Morgan fingerprint density at radius 2 is 0.633 bits per heavy atom. The highest BCUT2D eigenvalue weighted by Gasteiger charge is 2.26. The predicted molar refractivity (Wildman–Crippen MR) is 462 cm³/mol. The van der Waals surface area contributed by atoms with Crippen molar-refractivity contribution in [2.45, 2.75) is 441 Å². The van der Waals surface area contributed by atoms with Crippen LogP contribution in [-0.2, 0) is 56.8 Å². The summed E-state index contributed by atoms with van der Waals surface area (Å²) >= 11 is 0. The first-order chi connectivity index (χ1) is 47.8. The molecule has 0 aromatic heterocycles. The molecule has 1 aliphatic rings. The van der Waals surface area contributed by atoms with Crippen molar-refractivity contribution in [3.8, 4) is 0 Å². The molecule has 1 saturated carbocycles. The molecule has 0 bridgehead atoms. The second kappa shape index (κ2) is 69.1. The van der Waals surface area contributed by atoms with Crippen molar-refractivity contribution >= 4 is 0 Å². The molecule has 678 valence electrons. The summed E-state index contributed by atoms with van der Waals surface area (Å²) in [5.41, 5.74) is 3.54. The van der Waals surface area contributed by atoms with Crippen molar-refractivity contribution in [1.29, 1.82) is 0 Å². The van der Waals surface area contributed by atoms with E-state index in [4.69, 9.17) is 109 Å². The lowest BCUT2D eigenvalue weighted by Gasteiger charge is -2.32. The van der Waals surface area contributed by atoms with E-state index in [1.807, 2.05) is 215 Å². The highest BCUT2D eigenvalue weighted by Crippen LogP contribution is 2.30. The molecule has 22 nitrogen and oxygen atoms in total. The number of hydrogen-bond acceptors (Lipinski definition) is 22. The van der Waals surface area contributed by atoms with Gasteiger partial charge >= 0.3 is 0 Å². The van der Waals surface area contributed by atoms with Gasteiger partial charge in [0.05, 0.1) is 157 Å². The molecule has 0 aromatic carbocycles. The molecule has 0 radical (unpaired) electrons. The number of aliphatic hydroxyl groups excluding tert-OH is 8. The Labute approximate surface area is 677 Å². The van der Waals surface area contributed by atoms with Gasteiger partial charge in [0, 0.05) is 52.6 Å². The van der Waals surface area contributed by atoms with Gasteiger partial charge in [-0.25, -0.2) is 0 Å². The van der Waals surface area contributed by atoms with E-state index in [1.165, 1.54) is 12.8 Å². The van der Waals surface area contributed by atoms with Crippen molar-refractivity contribution in [3.63, 3.8) is 0 Å². The summed E-state index contributed by atoms with van der Waals surface area (Å²) in [6.45, 7) is 99.9. The molecule has 109 heavy (non-hydrogen) atoms. The van der Waals surface area contributed by atoms with Crippen LogP contribution in [0.25, 0.3) is 0 Å². The summed E-state index contributed by atoms with van der Waals surface area (Å²) < 4.78 is 63.5. The molecule has 0 unspecified atom stereocenters.